The van der Waals surface area contributed by atoms with E-state index in [0.29, 0.717) is 6.04 Å². The molecule has 0 aliphatic carbocycles. The number of thioether (sulfide) groups is 1. The second kappa shape index (κ2) is 6.31. The summed E-state index contributed by atoms with van der Waals surface area (Å²) < 4.78 is 1.77. The molecule has 0 bridgehead atoms. The Bertz CT molecular complexity index is 399. The number of nitrogens with one attached hydrogen (secondary N) is 1. The summed E-state index contributed by atoms with van der Waals surface area (Å²) in [6.07, 6.45) is 3.65. The van der Waals surface area contributed by atoms with Crippen molar-refractivity contribution in [1.29, 1.82) is 0 Å². The van der Waals surface area contributed by atoms with Crippen LogP contribution in [-0.4, -0.2) is 33.4 Å². The Balaban J connectivity index is 2.12. The summed E-state index contributed by atoms with van der Waals surface area (Å²) in [5, 5.41) is 9.53. The van der Waals surface area contributed by atoms with Crippen molar-refractivity contribution < 1.29 is 0 Å². The van der Waals surface area contributed by atoms with Gasteiger partial charge in [0.15, 0.2) is 0 Å². The van der Waals surface area contributed by atoms with Gasteiger partial charge in [-0.1, -0.05) is 18.5 Å². The van der Waals surface area contributed by atoms with Crippen LogP contribution in [0.3, 0.4) is 0 Å². The first-order chi connectivity index (χ1) is 8.63. The minimum atomic E-state index is 0.517. The number of likely N-dealkylation sites (N-methyl/N-ethyl adjacent to an activating group) is 1. The van der Waals surface area contributed by atoms with Crippen LogP contribution in [0.4, 0.5) is 0 Å². The molecule has 0 radical (unpaired) electrons. The molecule has 1 fully saturated rings. The van der Waals surface area contributed by atoms with E-state index in [1.807, 2.05) is 14.0 Å². The molecular formula is C13H22ClN3S. The summed E-state index contributed by atoms with van der Waals surface area (Å²) in [7, 11) is 1.91. The summed E-state index contributed by atoms with van der Waals surface area (Å²) >= 11 is 8.43. The standard InChI is InChI=1S/C13H22ClN3S/c1-4-15-11(12-6-5-7-18-12)8-10-9(2)16-17(3)13(10)14/h11-12,15H,4-8H2,1-3H3. The summed E-state index contributed by atoms with van der Waals surface area (Å²) in [5.41, 5.74) is 2.27. The largest absolute Gasteiger partial charge is 0.313 e. The number of aryl methyl sites for hydroxylation is 2. The minimum absolute atomic E-state index is 0.517. The zero-order valence-corrected chi connectivity index (χ0v) is 12.9. The highest BCUT2D eigenvalue weighted by atomic mass is 35.5. The molecule has 2 atom stereocenters. The third kappa shape index (κ3) is 3.03. The quantitative estimate of drug-likeness (QED) is 0.903. The van der Waals surface area contributed by atoms with Gasteiger partial charge in [0.05, 0.1) is 5.69 Å². The van der Waals surface area contributed by atoms with Gasteiger partial charge in [-0.2, -0.15) is 16.9 Å². The maximum absolute atomic E-state index is 6.33. The molecular weight excluding hydrogens is 266 g/mol. The Hall–Kier alpha value is -0.190. The van der Waals surface area contributed by atoms with Crippen LogP contribution in [0.5, 0.6) is 0 Å². The van der Waals surface area contributed by atoms with Gasteiger partial charge in [0.2, 0.25) is 0 Å². The van der Waals surface area contributed by atoms with Crippen LogP contribution in [0.25, 0.3) is 0 Å². The lowest BCUT2D eigenvalue weighted by Crippen LogP contribution is -2.39. The van der Waals surface area contributed by atoms with E-state index in [1.165, 1.54) is 24.2 Å². The van der Waals surface area contributed by atoms with E-state index in [2.05, 4.69) is 29.1 Å². The van der Waals surface area contributed by atoms with E-state index in [-0.39, 0.29) is 0 Å². The molecule has 3 nitrogen and oxygen atoms in total. The molecule has 1 saturated heterocycles. The normalized spacial score (nSPS) is 21.4. The minimum Gasteiger partial charge on any atom is -0.313 e. The van der Waals surface area contributed by atoms with Gasteiger partial charge >= 0.3 is 0 Å². The van der Waals surface area contributed by atoms with Gasteiger partial charge in [0, 0.05) is 23.9 Å². The number of rotatable bonds is 5. The lowest BCUT2D eigenvalue weighted by molar-refractivity contribution is 0.494. The average Bonchev–Trinajstić information content (AvgIpc) is 2.93. The Morgan fingerprint density at radius 2 is 2.39 bits per heavy atom. The molecule has 0 amide bonds. The first-order valence-electron chi connectivity index (χ1n) is 6.66. The summed E-state index contributed by atoms with van der Waals surface area (Å²) in [4.78, 5) is 0. The summed E-state index contributed by atoms with van der Waals surface area (Å²) in [6.45, 7) is 5.23. The zero-order chi connectivity index (χ0) is 13.1. The zero-order valence-electron chi connectivity index (χ0n) is 11.4. The third-order valence-electron chi connectivity index (χ3n) is 3.57. The van der Waals surface area contributed by atoms with Gasteiger partial charge in [-0.05, 0) is 38.5 Å². The Morgan fingerprint density at radius 1 is 1.61 bits per heavy atom. The van der Waals surface area contributed by atoms with E-state index in [1.54, 1.807) is 4.68 Å². The van der Waals surface area contributed by atoms with Crippen LogP contribution < -0.4 is 5.32 Å². The van der Waals surface area contributed by atoms with Crippen molar-refractivity contribution >= 4 is 23.4 Å². The van der Waals surface area contributed by atoms with Crippen LogP contribution in [0.2, 0.25) is 5.15 Å². The lowest BCUT2D eigenvalue weighted by atomic mass is 10.0. The van der Waals surface area contributed by atoms with Crippen molar-refractivity contribution in [1.82, 2.24) is 15.1 Å². The van der Waals surface area contributed by atoms with E-state index < -0.39 is 0 Å². The van der Waals surface area contributed by atoms with E-state index in [0.717, 1.165) is 29.1 Å². The molecule has 1 aromatic rings. The van der Waals surface area contributed by atoms with Crippen LogP contribution in [-0.2, 0) is 13.5 Å². The Labute approximate surface area is 119 Å². The fraction of sp³-hybridized carbons (Fsp3) is 0.769. The SMILES string of the molecule is CCNC(Cc1c(C)nn(C)c1Cl)C1CCCS1. The fourth-order valence-corrected chi connectivity index (χ4v) is 4.29. The topological polar surface area (TPSA) is 29.9 Å². The van der Waals surface area contributed by atoms with Gasteiger partial charge in [-0.25, -0.2) is 0 Å². The van der Waals surface area contributed by atoms with Crippen molar-refractivity contribution in [2.75, 3.05) is 12.3 Å². The molecule has 1 aromatic heterocycles. The first kappa shape index (κ1) is 14.2. The van der Waals surface area contributed by atoms with E-state index in [4.69, 9.17) is 11.6 Å². The third-order valence-corrected chi connectivity index (χ3v) is 5.56. The first-order valence-corrected chi connectivity index (χ1v) is 8.09. The van der Waals surface area contributed by atoms with Crippen LogP contribution >= 0.6 is 23.4 Å². The Morgan fingerprint density at radius 3 is 2.89 bits per heavy atom. The van der Waals surface area contributed by atoms with Crippen molar-refractivity contribution in [2.45, 2.75) is 44.4 Å². The molecule has 0 aromatic carbocycles. The van der Waals surface area contributed by atoms with E-state index in [9.17, 15) is 0 Å². The molecule has 2 rings (SSSR count). The molecule has 5 heteroatoms. The molecule has 2 unspecified atom stereocenters. The number of aromatic nitrogens is 2. The second-order valence-corrected chi connectivity index (χ2v) is 6.60. The predicted octanol–water partition coefficient (Wildman–Crippen LogP) is 2.80. The van der Waals surface area contributed by atoms with Gasteiger partial charge in [-0.15, -0.1) is 0 Å². The van der Waals surface area contributed by atoms with Crippen LogP contribution in [0.15, 0.2) is 0 Å². The smallest absolute Gasteiger partial charge is 0.130 e. The van der Waals surface area contributed by atoms with Gasteiger partial charge in [0.1, 0.15) is 5.15 Å². The average molecular weight is 288 g/mol. The lowest BCUT2D eigenvalue weighted by Gasteiger charge is -2.23. The van der Waals surface area contributed by atoms with Gasteiger partial charge in [0.25, 0.3) is 0 Å². The van der Waals surface area contributed by atoms with Gasteiger partial charge in [-0.3, -0.25) is 4.68 Å². The highest BCUT2D eigenvalue weighted by Crippen LogP contribution is 2.31. The molecule has 102 valence electrons. The number of hydrogen-bond acceptors (Lipinski definition) is 3. The monoisotopic (exact) mass is 287 g/mol. The maximum Gasteiger partial charge on any atom is 0.130 e. The molecule has 0 saturated carbocycles. The second-order valence-electron chi connectivity index (χ2n) is 4.90. The molecule has 0 spiro atoms. The fourth-order valence-electron chi connectivity index (χ4n) is 2.64. The number of nitrogens with zero attached hydrogens (tertiary/aromatic N) is 2. The predicted molar refractivity (Wildman–Crippen MR) is 79.6 cm³/mol. The summed E-state index contributed by atoms with van der Waals surface area (Å²) in [5.74, 6) is 1.30. The van der Waals surface area contributed by atoms with Crippen molar-refractivity contribution in [3.8, 4) is 0 Å². The van der Waals surface area contributed by atoms with Crippen molar-refractivity contribution in [3.05, 3.63) is 16.4 Å². The summed E-state index contributed by atoms with van der Waals surface area (Å²) in [6, 6.07) is 0.517. The van der Waals surface area contributed by atoms with Crippen LogP contribution in [0, 0.1) is 6.92 Å². The van der Waals surface area contributed by atoms with Crippen molar-refractivity contribution in [2.24, 2.45) is 7.05 Å². The molecule has 1 aliphatic rings. The van der Waals surface area contributed by atoms with Crippen molar-refractivity contribution in [3.63, 3.8) is 0 Å². The molecule has 1 aliphatic heterocycles. The Kier molecular flexibility index (Phi) is 4.98. The molecule has 1 N–H and O–H groups in total. The number of hydrogen-bond donors (Lipinski definition) is 1. The van der Waals surface area contributed by atoms with Crippen LogP contribution in [0.1, 0.15) is 31.0 Å². The van der Waals surface area contributed by atoms with E-state index >= 15 is 0 Å². The maximum atomic E-state index is 6.33. The molecule has 2 heterocycles. The number of halogens is 1. The van der Waals surface area contributed by atoms with Gasteiger partial charge < -0.3 is 5.32 Å². The highest BCUT2D eigenvalue weighted by molar-refractivity contribution is 8.00. The molecule has 18 heavy (non-hydrogen) atoms. The highest BCUT2D eigenvalue weighted by Gasteiger charge is 2.27.